The number of hydrogen-bond acceptors (Lipinski definition) is 4. The molecule has 0 saturated carbocycles. The number of ether oxygens (including phenoxy) is 1. The highest BCUT2D eigenvalue weighted by atomic mass is 32.2. The highest BCUT2D eigenvalue weighted by Gasteiger charge is 2.16. The zero-order valence-electron chi connectivity index (χ0n) is 11.7. The first-order chi connectivity index (χ1) is 9.35. The molecular weight excluding hydrogens is 281 g/mol. The van der Waals surface area contributed by atoms with E-state index in [9.17, 15) is 12.8 Å². The van der Waals surface area contributed by atoms with Crippen molar-refractivity contribution in [1.82, 2.24) is 0 Å². The van der Waals surface area contributed by atoms with Crippen molar-refractivity contribution >= 4 is 9.84 Å². The number of halogens is 1. The lowest BCUT2D eigenvalue weighted by Crippen LogP contribution is -2.11. The highest BCUT2D eigenvalue weighted by molar-refractivity contribution is 7.91. The van der Waals surface area contributed by atoms with Gasteiger partial charge in [0.2, 0.25) is 0 Å². The summed E-state index contributed by atoms with van der Waals surface area (Å²) in [6.45, 7) is 3.60. The van der Waals surface area contributed by atoms with Gasteiger partial charge in [-0.3, -0.25) is 0 Å². The summed E-state index contributed by atoms with van der Waals surface area (Å²) in [5.41, 5.74) is 5.17. The molecule has 0 saturated heterocycles. The lowest BCUT2D eigenvalue weighted by atomic mass is 10.3. The number of benzene rings is 1. The van der Waals surface area contributed by atoms with E-state index < -0.39 is 15.7 Å². The monoisotopic (exact) mass is 301 g/mol. The van der Waals surface area contributed by atoms with Gasteiger partial charge >= 0.3 is 0 Å². The van der Waals surface area contributed by atoms with Crippen molar-refractivity contribution in [2.45, 2.75) is 18.7 Å². The number of sulfone groups is 1. The van der Waals surface area contributed by atoms with Gasteiger partial charge < -0.3 is 10.5 Å². The Morgan fingerprint density at radius 1 is 1.35 bits per heavy atom. The maximum atomic E-state index is 13.1. The predicted octanol–water partition coefficient (Wildman–Crippen LogP) is 2.31. The summed E-state index contributed by atoms with van der Waals surface area (Å²) in [6, 6.07) is 5.97. The fraction of sp³-hybridized carbons (Fsp3) is 0.429. The molecule has 0 aromatic heterocycles. The fourth-order valence-corrected chi connectivity index (χ4v) is 3.24. The topological polar surface area (TPSA) is 69.4 Å². The van der Waals surface area contributed by atoms with Gasteiger partial charge in [0.1, 0.15) is 18.2 Å². The van der Waals surface area contributed by atoms with Crippen molar-refractivity contribution < 1.29 is 17.5 Å². The Balaban J connectivity index is 2.72. The van der Waals surface area contributed by atoms with Crippen LogP contribution in [0, 0.1) is 5.92 Å². The average Bonchev–Trinajstić information content (AvgIpc) is 2.36. The highest BCUT2D eigenvalue weighted by Crippen LogP contribution is 2.19. The Kier molecular flexibility index (Phi) is 6.16. The maximum absolute atomic E-state index is 13.1. The molecule has 1 rings (SSSR count). The summed E-state index contributed by atoms with van der Waals surface area (Å²) >= 11 is 0. The molecule has 0 fully saturated rings. The van der Waals surface area contributed by atoms with E-state index in [1.165, 1.54) is 30.3 Å². The van der Waals surface area contributed by atoms with Crippen molar-refractivity contribution in [3.05, 3.63) is 36.2 Å². The SMILES string of the molecule is CC(C)CS(=O)(=O)c1ccc(OCC(F)=CCN)cc1. The molecule has 0 radical (unpaired) electrons. The maximum Gasteiger partial charge on any atom is 0.178 e. The van der Waals surface area contributed by atoms with Gasteiger partial charge in [0, 0.05) is 6.54 Å². The van der Waals surface area contributed by atoms with Crippen LogP contribution >= 0.6 is 0 Å². The van der Waals surface area contributed by atoms with Gasteiger partial charge in [-0.1, -0.05) is 13.8 Å². The molecule has 0 aliphatic carbocycles. The zero-order valence-corrected chi connectivity index (χ0v) is 12.5. The molecule has 0 atom stereocenters. The molecule has 20 heavy (non-hydrogen) atoms. The summed E-state index contributed by atoms with van der Waals surface area (Å²) in [4.78, 5) is 0.247. The third-order valence-electron chi connectivity index (χ3n) is 2.45. The molecule has 6 heteroatoms. The molecular formula is C14H20FNO3S. The van der Waals surface area contributed by atoms with Gasteiger partial charge in [-0.2, -0.15) is 0 Å². The minimum Gasteiger partial charge on any atom is -0.487 e. The predicted molar refractivity (Wildman–Crippen MR) is 77.1 cm³/mol. The molecule has 0 unspecified atom stereocenters. The Morgan fingerprint density at radius 2 is 1.95 bits per heavy atom. The van der Waals surface area contributed by atoms with E-state index in [0.29, 0.717) is 5.75 Å². The first kappa shape index (κ1) is 16.7. The standard InChI is InChI=1S/C14H20FNO3S/c1-11(2)10-20(17,18)14-5-3-13(4-6-14)19-9-12(15)7-8-16/h3-7,11H,8-10,16H2,1-2H3. The second-order valence-corrected chi connectivity index (χ2v) is 6.86. The van der Waals surface area contributed by atoms with Crippen molar-refractivity contribution in [2.75, 3.05) is 18.9 Å². The second kappa shape index (κ2) is 7.40. The van der Waals surface area contributed by atoms with E-state index in [2.05, 4.69) is 0 Å². The van der Waals surface area contributed by atoms with E-state index in [-0.39, 0.29) is 29.7 Å². The van der Waals surface area contributed by atoms with Crippen LogP contribution in [0.5, 0.6) is 5.75 Å². The second-order valence-electron chi connectivity index (χ2n) is 4.82. The van der Waals surface area contributed by atoms with Crippen LogP contribution in [0.2, 0.25) is 0 Å². The molecule has 4 nitrogen and oxygen atoms in total. The number of rotatable bonds is 7. The lowest BCUT2D eigenvalue weighted by Gasteiger charge is -2.08. The normalized spacial score (nSPS) is 12.8. The van der Waals surface area contributed by atoms with Crippen LogP contribution in [0.4, 0.5) is 4.39 Å². The minimum atomic E-state index is -3.27. The van der Waals surface area contributed by atoms with Gasteiger partial charge in [-0.15, -0.1) is 0 Å². The molecule has 0 aliphatic heterocycles. The Morgan fingerprint density at radius 3 is 2.45 bits per heavy atom. The van der Waals surface area contributed by atoms with E-state index in [1.807, 2.05) is 13.8 Å². The largest absolute Gasteiger partial charge is 0.487 e. The van der Waals surface area contributed by atoms with E-state index in [0.717, 1.165) is 0 Å². The van der Waals surface area contributed by atoms with Crippen molar-refractivity contribution in [1.29, 1.82) is 0 Å². The first-order valence-corrected chi connectivity index (χ1v) is 8.00. The van der Waals surface area contributed by atoms with E-state index in [1.54, 1.807) is 0 Å². The summed E-state index contributed by atoms with van der Waals surface area (Å²) in [6.07, 6.45) is 1.22. The van der Waals surface area contributed by atoms with Crippen LogP contribution < -0.4 is 10.5 Å². The molecule has 0 amide bonds. The van der Waals surface area contributed by atoms with Gasteiger partial charge in [0.15, 0.2) is 9.84 Å². The third-order valence-corrected chi connectivity index (χ3v) is 4.55. The van der Waals surface area contributed by atoms with Gasteiger partial charge in [0.25, 0.3) is 0 Å². The Bertz CT molecular complexity index is 550. The van der Waals surface area contributed by atoms with Crippen LogP contribution in [0.1, 0.15) is 13.8 Å². The summed E-state index contributed by atoms with van der Waals surface area (Å²) in [5.74, 6) is 0.116. The van der Waals surface area contributed by atoms with E-state index >= 15 is 0 Å². The van der Waals surface area contributed by atoms with Crippen LogP contribution in [0.25, 0.3) is 0 Å². The first-order valence-electron chi connectivity index (χ1n) is 6.35. The molecule has 112 valence electrons. The van der Waals surface area contributed by atoms with Crippen molar-refractivity contribution in [2.24, 2.45) is 11.7 Å². The van der Waals surface area contributed by atoms with Gasteiger partial charge in [-0.25, -0.2) is 12.8 Å². The smallest absolute Gasteiger partial charge is 0.178 e. The van der Waals surface area contributed by atoms with Crippen LogP contribution in [-0.2, 0) is 9.84 Å². The quantitative estimate of drug-likeness (QED) is 0.839. The molecule has 1 aromatic rings. The Hall–Kier alpha value is -1.40. The molecule has 0 spiro atoms. The molecule has 0 aliphatic rings. The summed E-state index contributed by atoms with van der Waals surface area (Å²) < 4.78 is 42.2. The molecule has 0 heterocycles. The average molecular weight is 301 g/mol. The van der Waals surface area contributed by atoms with E-state index in [4.69, 9.17) is 10.5 Å². The summed E-state index contributed by atoms with van der Waals surface area (Å²) in [7, 11) is -3.27. The van der Waals surface area contributed by atoms with Crippen LogP contribution in [0.15, 0.2) is 41.1 Å². The van der Waals surface area contributed by atoms with Gasteiger partial charge in [-0.05, 0) is 36.3 Å². The molecule has 1 aromatic carbocycles. The number of hydrogen-bond donors (Lipinski definition) is 1. The lowest BCUT2D eigenvalue weighted by molar-refractivity contribution is 0.318. The fourth-order valence-electron chi connectivity index (χ4n) is 1.62. The molecule has 0 bridgehead atoms. The minimum absolute atomic E-state index is 0.0615. The van der Waals surface area contributed by atoms with Crippen molar-refractivity contribution in [3.8, 4) is 5.75 Å². The van der Waals surface area contributed by atoms with Crippen LogP contribution in [0.3, 0.4) is 0 Å². The van der Waals surface area contributed by atoms with Crippen molar-refractivity contribution in [3.63, 3.8) is 0 Å². The summed E-state index contributed by atoms with van der Waals surface area (Å²) in [5, 5.41) is 0. The molecule has 2 N–H and O–H groups in total. The Labute approximate surface area is 119 Å². The number of nitrogens with two attached hydrogens (primary N) is 1. The zero-order chi connectivity index (χ0) is 15.2. The third kappa shape index (κ3) is 5.30. The van der Waals surface area contributed by atoms with Gasteiger partial charge in [0.05, 0.1) is 10.6 Å². The van der Waals surface area contributed by atoms with Crippen LogP contribution in [-0.4, -0.2) is 27.3 Å².